The Kier molecular flexibility index (Phi) is 2.91. The highest BCUT2D eigenvalue weighted by Crippen LogP contribution is 2.21. The van der Waals surface area contributed by atoms with Crippen molar-refractivity contribution >= 4 is 11.6 Å². The fourth-order valence-electron chi connectivity index (χ4n) is 1.57. The number of hydrogen-bond donors (Lipinski definition) is 1. The van der Waals surface area contributed by atoms with Crippen LogP contribution in [-0.2, 0) is 4.79 Å². The predicted octanol–water partition coefficient (Wildman–Crippen LogP) is 2.28. The lowest BCUT2D eigenvalue weighted by molar-refractivity contribution is -0.114. The van der Waals surface area contributed by atoms with Crippen molar-refractivity contribution in [3.8, 4) is 5.69 Å². The van der Waals surface area contributed by atoms with Crippen LogP contribution in [0.1, 0.15) is 12.6 Å². The molecule has 0 bridgehead atoms. The summed E-state index contributed by atoms with van der Waals surface area (Å²) in [6.07, 6.45) is 3.34. The van der Waals surface area contributed by atoms with Gasteiger partial charge in [0.1, 0.15) is 5.82 Å². The summed E-state index contributed by atoms with van der Waals surface area (Å²) in [7, 11) is 0. The molecule has 0 unspecified atom stereocenters. The molecular weight excluding hydrogens is 221 g/mol. The van der Waals surface area contributed by atoms with Crippen molar-refractivity contribution in [1.82, 2.24) is 9.55 Å². The molecule has 1 amide bonds. The number of amides is 1. The van der Waals surface area contributed by atoms with Crippen molar-refractivity contribution in [3.63, 3.8) is 0 Å². The van der Waals surface area contributed by atoms with E-state index in [-0.39, 0.29) is 11.7 Å². The Morgan fingerprint density at radius 3 is 2.82 bits per heavy atom. The molecule has 4 nitrogen and oxygen atoms in total. The maximum atomic E-state index is 13.2. The standard InChI is InChI=1S/C12H12FN3O/c1-8-6-16(7-14-8)12-5-10(13)3-4-11(12)15-9(2)17/h3-7H,1-2H3,(H,15,17). The van der Waals surface area contributed by atoms with Gasteiger partial charge in [0.15, 0.2) is 0 Å². The van der Waals surface area contributed by atoms with Crippen LogP contribution in [0.5, 0.6) is 0 Å². The van der Waals surface area contributed by atoms with Crippen molar-refractivity contribution in [2.75, 3.05) is 5.32 Å². The topological polar surface area (TPSA) is 46.9 Å². The molecule has 0 saturated carbocycles. The minimum atomic E-state index is -0.361. The Morgan fingerprint density at radius 2 is 2.24 bits per heavy atom. The van der Waals surface area contributed by atoms with Crippen molar-refractivity contribution in [3.05, 3.63) is 42.2 Å². The van der Waals surface area contributed by atoms with E-state index in [1.807, 2.05) is 6.92 Å². The van der Waals surface area contributed by atoms with Crippen LogP contribution < -0.4 is 5.32 Å². The van der Waals surface area contributed by atoms with Crippen LogP contribution in [0.25, 0.3) is 5.69 Å². The predicted molar refractivity (Wildman–Crippen MR) is 62.6 cm³/mol. The molecule has 0 aliphatic heterocycles. The van der Waals surface area contributed by atoms with Crippen molar-refractivity contribution < 1.29 is 9.18 Å². The molecule has 1 N–H and O–H groups in total. The van der Waals surface area contributed by atoms with Gasteiger partial charge in [0.2, 0.25) is 5.91 Å². The number of carbonyl (C=O) groups is 1. The number of rotatable bonds is 2. The zero-order chi connectivity index (χ0) is 12.4. The second-order valence-electron chi connectivity index (χ2n) is 3.76. The molecule has 1 aromatic carbocycles. The first kappa shape index (κ1) is 11.3. The summed E-state index contributed by atoms with van der Waals surface area (Å²) in [5.41, 5.74) is 1.93. The minimum absolute atomic E-state index is 0.199. The monoisotopic (exact) mass is 233 g/mol. The van der Waals surface area contributed by atoms with Gasteiger partial charge in [-0.2, -0.15) is 0 Å². The number of hydrogen-bond acceptors (Lipinski definition) is 2. The molecule has 5 heteroatoms. The first-order valence-corrected chi connectivity index (χ1v) is 5.14. The molecule has 2 rings (SSSR count). The maximum Gasteiger partial charge on any atom is 0.221 e. The normalized spacial score (nSPS) is 10.3. The number of anilines is 1. The van der Waals surface area contributed by atoms with E-state index in [4.69, 9.17) is 0 Å². The lowest BCUT2D eigenvalue weighted by Gasteiger charge is -2.10. The van der Waals surface area contributed by atoms with Gasteiger partial charge in [-0.05, 0) is 19.1 Å². The van der Waals surface area contributed by atoms with Crippen molar-refractivity contribution in [2.24, 2.45) is 0 Å². The maximum absolute atomic E-state index is 13.2. The van der Waals surface area contributed by atoms with E-state index in [1.54, 1.807) is 17.1 Å². The number of imidazole rings is 1. The fourth-order valence-corrected chi connectivity index (χ4v) is 1.57. The largest absolute Gasteiger partial charge is 0.325 e. The lowest BCUT2D eigenvalue weighted by atomic mass is 10.2. The van der Waals surface area contributed by atoms with E-state index in [1.165, 1.54) is 25.1 Å². The zero-order valence-electron chi connectivity index (χ0n) is 9.57. The molecule has 0 aliphatic rings. The highest BCUT2D eigenvalue weighted by Gasteiger charge is 2.08. The van der Waals surface area contributed by atoms with Gasteiger partial charge >= 0.3 is 0 Å². The average Bonchev–Trinajstić information content (AvgIpc) is 2.67. The number of nitrogens with zero attached hydrogens (tertiary/aromatic N) is 2. The summed E-state index contributed by atoms with van der Waals surface area (Å²) in [5, 5.41) is 2.65. The number of aryl methyl sites for hydroxylation is 1. The van der Waals surface area contributed by atoms with Crippen LogP contribution in [0, 0.1) is 12.7 Å². The number of nitrogens with one attached hydrogen (secondary N) is 1. The Bertz CT molecular complexity index is 563. The molecule has 0 radical (unpaired) electrons. The molecule has 17 heavy (non-hydrogen) atoms. The summed E-state index contributed by atoms with van der Waals surface area (Å²) < 4.78 is 14.9. The van der Waals surface area contributed by atoms with Gasteiger partial charge in [-0.25, -0.2) is 9.37 Å². The zero-order valence-corrected chi connectivity index (χ0v) is 9.57. The molecule has 0 aliphatic carbocycles. The molecule has 0 atom stereocenters. The lowest BCUT2D eigenvalue weighted by Crippen LogP contribution is -2.09. The number of carbonyl (C=O) groups excluding carboxylic acids is 1. The molecule has 0 fully saturated rings. The van der Waals surface area contributed by atoms with Crippen molar-refractivity contribution in [2.45, 2.75) is 13.8 Å². The summed E-state index contributed by atoms with van der Waals surface area (Å²) in [6.45, 7) is 3.25. The number of aromatic nitrogens is 2. The van der Waals surface area contributed by atoms with Gasteiger partial charge in [0, 0.05) is 19.2 Å². The molecule has 0 saturated heterocycles. The van der Waals surface area contributed by atoms with E-state index in [0.717, 1.165) is 5.69 Å². The first-order valence-electron chi connectivity index (χ1n) is 5.14. The molecular formula is C12H12FN3O. The van der Waals surface area contributed by atoms with E-state index in [0.29, 0.717) is 11.4 Å². The van der Waals surface area contributed by atoms with E-state index in [2.05, 4.69) is 10.3 Å². The third-order valence-electron chi connectivity index (χ3n) is 2.26. The van der Waals surface area contributed by atoms with E-state index in [9.17, 15) is 9.18 Å². The molecule has 1 aromatic heterocycles. The second-order valence-corrected chi connectivity index (χ2v) is 3.76. The van der Waals surface area contributed by atoms with Crippen LogP contribution in [-0.4, -0.2) is 15.5 Å². The van der Waals surface area contributed by atoms with Gasteiger partial charge in [-0.1, -0.05) is 0 Å². The number of halogens is 1. The van der Waals surface area contributed by atoms with Crippen molar-refractivity contribution in [1.29, 1.82) is 0 Å². The molecule has 2 aromatic rings. The minimum Gasteiger partial charge on any atom is -0.325 e. The van der Waals surface area contributed by atoms with Crippen LogP contribution >= 0.6 is 0 Å². The van der Waals surface area contributed by atoms with Gasteiger partial charge in [-0.3, -0.25) is 4.79 Å². The fraction of sp³-hybridized carbons (Fsp3) is 0.167. The summed E-state index contributed by atoms with van der Waals surface area (Å²) in [4.78, 5) is 15.1. The van der Waals surface area contributed by atoms with Gasteiger partial charge < -0.3 is 9.88 Å². The van der Waals surface area contributed by atoms with Gasteiger partial charge in [0.05, 0.1) is 23.4 Å². The number of benzene rings is 1. The van der Waals surface area contributed by atoms with Crippen LogP contribution in [0.15, 0.2) is 30.7 Å². The third-order valence-corrected chi connectivity index (χ3v) is 2.26. The van der Waals surface area contributed by atoms with Crippen LogP contribution in [0.3, 0.4) is 0 Å². The summed E-state index contributed by atoms with van der Waals surface area (Å²) >= 11 is 0. The Hall–Kier alpha value is -2.17. The summed E-state index contributed by atoms with van der Waals surface area (Å²) in [5.74, 6) is -0.560. The third kappa shape index (κ3) is 2.50. The highest BCUT2D eigenvalue weighted by molar-refractivity contribution is 5.91. The Morgan fingerprint density at radius 1 is 1.47 bits per heavy atom. The van der Waals surface area contributed by atoms with Crippen LogP contribution in [0.2, 0.25) is 0 Å². The van der Waals surface area contributed by atoms with Gasteiger partial charge in [-0.15, -0.1) is 0 Å². The highest BCUT2D eigenvalue weighted by atomic mass is 19.1. The Balaban J connectivity index is 2.50. The smallest absolute Gasteiger partial charge is 0.221 e. The van der Waals surface area contributed by atoms with E-state index < -0.39 is 0 Å². The van der Waals surface area contributed by atoms with E-state index >= 15 is 0 Å². The summed E-state index contributed by atoms with van der Waals surface area (Å²) in [6, 6.07) is 4.19. The molecule has 1 heterocycles. The molecule has 88 valence electrons. The molecule has 0 spiro atoms. The van der Waals surface area contributed by atoms with Gasteiger partial charge in [0.25, 0.3) is 0 Å². The van der Waals surface area contributed by atoms with Crippen LogP contribution in [0.4, 0.5) is 10.1 Å². The Labute approximate surface area is 98.1 Å². The first-order chi connectivity index (χ1) is 8.06. The SMILES string of the molecule is CC(=O)Nc1ccc(F)cc1-n1cnc(C)c1. The second kappa shape index (κ2) is 4.37. The average molecular weight is 233 g/mol. The quantitative estimate of drug-likeness (QED) is 0.865.